The number of carbonyl (C=O) groups is 1. The monoisotopic (exact) mass is 443 g/mol. The lowest BCUT2D eigenvalue weighted by atomic mass is 10.1. The highest BCUT2D eigenvalue weighted by Gasteiger charge is 2.24. The van der Waals surface area contributed by atoms with Crippen molar-refractivity contribution in [2.24, 2.45) is 0 Å². The molecule has 0 radical (unpaired) electrons. The van der Waals surface area contributed by atoms with Crippen molar-refractivity contribution in [1.82, 2.24) is 0 Å². The highest BCUT2D eigenvalue weighted by Crippen LogP contribution is 2.44. The Labute approximate surface area is 185 Å². The second-order valence-electron chi connectivity index (χ2n) is 7.17. The van der Waals surface area contributed by atoms with Gasteiger partial charge >= 0.3 is 5.97 Å². The van der Waals surface area contributed by atoms with E-state index >= 15 is 0 Å². The normalized spacial score (nSPS) is 16.2. The smallest absolute Gasteiger partial charge is 0.333 e. The molecule has 0 saturated carbocycles. The molecule has 158 valence electrons. The average Bonchev–Trinajstić information content (AvgIpc) is 3.35. The summed E-state index contributed by atoms with van der Waals surface area (Å²) in [6.07, 6.45) is 6.10. The van der Waals surface area contributed by atoms with E-state index in [0.717, 1.165) is 30.7 Å². The van der Waals surface area contributed by atoms with E-state index < -0.39 is 12.1 Å². The number of hydrogen-bond donors (Lipinski definition) is 1. The van der Waals surface area contributed by atoms with Crippen molar-refractivity contribution in [2.75, 3.05) is 24.1 Å². The number of benzene rings is 1. The first-order chi connectivity index (χ1) is 14.6. The van der Waals surface area contributed by atoms with Crippen LogP contribution in [0, 0.1) is 0 Å². The Morgan fingerprint density at radius 3 is 2.87 bits per heavy atom. The fourth-order valence-electron chi connectivity index (χ4n) is 3.60. The van der Waals surface area contributed by atoms with Crippen molar-refractivity contribution < 1.29 is 19.4 Å². The zero-order valence-corrected chi connectivity index (χ0v) is 18.5. The maximum absolute atomic E-state index is 11.3. The lowest BCUT2D eigenvalue weighted by Crippen LogP contribution is -2.26. The summed E-state index contributed by atoms with van der Waals surface area (Å²) in [4.78, 5) is 12.6. The molecule has 0 amide bonds. The number of anilines is 1. The number of ether oxygens (including phenoxy) is 2. The molecule has 1 aliphatic heterocycles. The predicted octanol–water partition coefficient (Wildman–Crippen LogP) is 5.08. The minimum atomic E-state index is -0.935. The van der Waals surface area contributed by atoms with Gasteiger partial charge in [-0.05, 0) is 72.0 Å². The Hall–Kier alpha value is -2.22. The largest absolute Gasteiger partial charge is 0.492 e. The summed E-state index contributed by atoms with van der Waals surface area (Å²) in [5, 5.41) is 12.7. The first-order valence-electron chi connectivity index (χ1n) is 10.1. The summed E-state index contributed by atoms with van der Waals surface area (Å²) in [5.41, 5.74) is 3.82. The van der Waals surface area contributed by atoms with Crippen molar-refractivity contribution in [1.29, 1.82) is 0 Å². The van der Waals surface area contributed by atoms with Gasteiger partial charge in [0, 0.05) is 17.9 Å². The van der Waals surface area contributed by atoms with Crippen LogP contribution in [0.4, 0.5) is 5.00 Å². The van der Waals surface area contributed by atoms with E-state index in [1.807, 2.05) is 36.2 Å². The van der Waals surface area contributed by atoms with Crippen LogP contribution in [0.25, 0.3) is 0 Å². The van der Waals surface area contributed by atoms with Crippen LogP contribution in [0.15, 0.2) is 58.3 Å². The maximum atomic E-state index is 11.3. The van der Waals surface area contributed by atoms with Gasteiger partial charge in [0.05, 0.1) is 6.54 Å². The summed E-state index contributed by atoms with van der Waals surface area (Å²) in [5.74, 6) is -0.149. The first kappa shape index (κ1) is 21.0. The zero-order chi connectivity index (χ0) is 20.9. The van der Waals surface area contributed by atoms with Crippen molar-refractivity contribution >= 4 is 34.3 Å². The molecule has 7 heteroatoms. The van der Waals surface area contributed by atoms with Gasteiger partial charge in [-0.15, -0.1) is 11.3 Å². The SMILES string of the molecule is CCOC(Cc1ccc(OCCN2SC3=C(CC=C3)Cc3ccsc32)cc1)C(=O)O. The van der Waals surface area contributed by atoms with Gasteiger partial charge < -0.3 is 14.6 Å². The third kappa shape index (κ3) is 4.91. The Morgan fingerprint density at radius 1 is 1.27 bits per heavy atom. The molecule has 1 N–H and O–H groups in total. The van der Waals surface area contributed by atoms with E-state index in [1.54, 1.807) is 18.3 Å². The highest BCUT2D eigenvalue weighted by molar-refractivity contribution is 8.04. The van der Waals surface area contributed by atoms with Crippen molar-refractivity contribution in [3.8, 4) is 5.75 Å². The van der Waals surface area contributed by atoms with Gasteiger partial charge in [0.2, 0.25) is 0 Å². The zero-order valence-electron chi connectivity index (χ0n) is 16.9. The molecule has 2 aliphatic rings. The molecule has 0 spiro atoms. The molecule has 0 saturated heterocycles. The number of hydrogen-bond acceptors (Lipinski definition) is 6. The van der Waals surface area contributed by atoms with E-state index in [2.05, 4.69) is 27.9 Å². The Bertz CT molecular complexity index is 948. The van der Waals surface area contributed by atoms with Crippen LogP contribution in [0.1, 0.15) is 24.5 Å². The van der Waals surface area contributed by atoms with Gasteiger partial charge in [-0.3, -0.25) is 4.31 Å². The number of carboxylic acids is 1. The number of carboxylic acid groups (broad SMARTS) is 1. The topological polar surface area (TPSA) is 59.0 Å². The van der Waals surface area contributed by atoms with Crippen LogP contribution in [-0.2, 0) is 22.4 Å². The molecular formula is C23H25NO4S2. The molecule has 0 fully saturated rings. The second-order valence-corrected chi connectivity index (χ2v) is 9.13. The minimum Gasteiger partial charge on any atom is -0.492 e. The number of fused-ring (bicyclic) bond motifs is 1. The molecule has 1 atom stereocenters. The van der Waals surface area contributed by atoms with Gasteiger partial charge in [-0.25, -0.2) is 4.79 Å². The third-order valence-electron chi connectivity index (χ3n) is 5.10. The van der Waals surface area contributed by atoms with E-state index in [-0.39, 0.29) is 0 Å². The average molecular weight is 444 g/mol. The lowest BCUT2D eigenvalue weighted by molar-refractivity contribution is -0.149. The fraction of sp³-hybridized carbons (Fsp3) is 0.348. The van der Waals surface area contributed by atoms with Gasteiger partial charge in [0.15, 0.2) is 6.10 Å². The van der Waals surface area contributed by atoms with E-state index in [1.165, 1.54) is 21.0 Å². The molecule has 30 heavy (non-hydrogen) atoms. The maximum Gasteiger partial charge on any atom is 0.333 e. The first-order valence-corrected chi connectivity index (χ1v) is 11.8. The van der Waals surface area contributed by atoms with Gasteiger partial charge in [0.25, 0.3) is 0 Å². The molecule has 2 heterocycles. The second kappa shape index (κ2) is 9.73. The van der Waals surface area contributed by atoms with Crippen LogP contribution in [-0.4, -0.2) is 36.9 Å². The molecule has 5 nitrogen and oxygen atoms in total. The summed E-state index contributed by atoms with van der Waals surface area (Å²) >= 11 is 3.59. The molecule has 1 aromatic carbocycles. The van der Waals surface area contributed by atoms with Gasteiger partial charge in [-0.2, -0.15) is 0 Å². The Kier molecular flexibility index (Phi) is 6.82. The quantitative estimate of drug-likeness (QED) is 0.545. The number of thiophene rings is 1. The van der Waals surface area contributed by atoms with E-state index in [9.17, 15) is 9.90 Å². The number of nitrogens with zero attached hydrogens (tertiary/aromatic N) is 1. The Morgan fingerprint density at radius 2 is 2.10 bits per heavy atom. The van der Waals surface area contributed by atoms with Crippen LogP contribution >= 0.6 is 23.3 Å². The lowest BCUT2D eigenvalue weighted by Gasteiger charge is -2.22. The van der Waals surface area contributed by atoms with Gasteiger partial charge in [0.1, 0.15) is 17.4 Å². The molecule has 1 aromatic heterocycles. The Balaban J connectivity index is 1.33. The fourth-order valence-corrected chi connectivity index (χ4v) is 5.75. The van der Waals surface area contributed by atoms with Crippen LogP contribution in [0.3, 0.4) is 0 Å². The van der Waals surface area contributed by atoms with E-state index in [4.69, 9.17) is 9.47 Å². The summed E-state index contributed by atoms with van der Waals surface area (Å²) in [7, 11) is 0. The standard InChI is InChI=1S/C23H25NO4S2/c1-2-27-20(23(25)26)14-16-6-8-19(9-7-16)28-12-11-24-22-18(10-13-29-22)15-17-4-3-5-21(17)30-24/h3,5-10,13,20H,2,4,11-12,14-15H2,1H3,(H,25,26). The van der Waals surface area contributed by atoms with Crippen molar-refractivity contribution in [2.45, 2.75) is 32.3 Å². The van der Waals surface area contributed by atoms with Crippen molar-refractivity contribution in [3.05, 3.63) is 69.5 Å². The predicted molar refractivity (Wildman–Crippen MR) is 122 cm³/mol. The van der Waals surface area contributed by atoms with Crippen LogP contribution < -0.4 is 9.04 Å². The molecule has 4 rings (SSSR count). The van der Waals surface area contributed by atoms with Crippen LogP contribution in [0.5, 0.6) is 5.75 Å². The van der Waals surface area contributed by atoms with Crippen molar-refractivity contribution in [3.63, 3.8) is 0 Å². The summed E-state index contributed by atoms with van der Waals surface area (Å²) in [6, 6.07) is 9.83. The van der Waals surface area contributed by atoms with Gasteiger partial charge in [-0.1, -0.05) is 24.3 Å². The molecule has 1 aliphatic carbocycles. The van der Waals surface area contributed by atoms with Crippen LogP contribution in [0.2, 0.25) is 0 Å². The number of aliphatic carboxylic acids is 1. The molecule has 2 aromatic rings. The third-order valence-corrected chi connectivity index (χ3v) is 7.40. The molecule has 0 bridgehead atoms. The summed E-state index contributed by atoms with van der Waals surface area (Å²) in [6.45, 7) is 3.55. The molecule has 1 unspecified atom stereocenters. The minimum absolute atomic E-state index is 0.347. The van der Waals surface area contributed by atoms with E-state index in [0.29, 0.717) is 19.6 Å². The summed E-state index contributed by atoms with van der Waals surface area (Å²) < 4.78 is 13.6. The number of allylic oxidation sites excluding steroid dienone is 3. The molecular weight excluding hydrogens is 418 g/mol. The highest BCUT2D eigenvalue weighted by atomic mass is 32.2. The number of rotatable bonds is 9.